The van der Waals surface area contributed by atoms with E-state index in [4.69, 9.17) is 4.74 Å². The summed E-state index contributed by atoms with van der Waals surface area (Å²) in [6.07, 6.45) is 0. The highest BCUT2D eigenvalue weighted by atomic mass is 16.5. The third-order valence-electron chi connectivity index (χ3n) is 5.23. The molecule has 0 fully saturated rings. The van der Waals surface area contributed by atoms with E-state index in [1.165, 1.54) is 0 Å². The van der Waals surface area contributed by atoms with Crippen molar-refractivity contribution in [3.05, 3.63) is 101 Å². The maximum Gasteiger partial charge on any atom is 0.338 e. The lowest BCUT2D eigenvalue weighted by Crippen LogP contribution is -2.33. The van der Waals surface area contributed by atoms with Crippen LogP contribution < -0.4 is 5.32 Å². The Balaban J connectivity index is 0.000000234. The third kappa shape index (κ3) is 8.91. The number of benzene rings is 3. The number of esters is 1. The normalized spacial score (nSPS) is 10.2. The Kier molecular flexibility index (Phi) is 10.8. The number of amides is 1. The molecular weight excluding hydrogens is 412 g/mol. The number of likely N-dealkylation sites (N-methyl/N-ethyl adjacent to an activating group) is 1. The summed E-state index contributed by atoms with van der Waals surface area (Å²) >= 11 is 0. The van der Waals surface area contributed by atoms with Gasteiger partial charge < -0.3 is 10.1 Å². The Hall–Kier alpha value is -3.44. The van der Waals surface area contributed by atoms with E-state index >= 15 is 0 Å². The number of hydrogen-bond acceptors (Lipinski definition) is 4. The molecule has 174 valence electrons. The van der Waals surface area contributed by atoms with Gasteiger partial charge in [0, 0.05) is 5.69 Å². The monoisotopic (exact) mass is 446 g/mol. The fourth-order valence-corrected chi connectivity index (χ4v) is 3.22. The summed E-state index contributed by atoms with van der Waals surface area (Å²) in [4.78, 5) is 25.6. The van der Waals surface area contributed by atoms with Crippen LogP contribution >= 0.6 is 0 Å². The van der Waals surface area contributed by atoms with E-state index in [1.54, 1.807) is 12.1 Å². The molecule has 0 aliphatic carbocycles. The van der Waals surface area contributed by atoms with E-state index in [0.717, 1.165) is 35.5 Å². The van der Waals surface area contributed by atoms with Crippen LogP contribution in [0.25, 0.3) is 0 Å². The zero-order valence-corrected chi connectivity index (χ0v) is 20.0. The van der Waals surface area contributed by atoms with Crippen molar-refractivity contribution in [2.45, 2.75) is 34.3 Å². The van der Waals surface area contributed by atoms with Crippen molar-refractivity contribution < 1.29 is 14.3 Å². The van der Waals surface area contributed by atoms with Crippen LogP contribution in [-0.4, -0.2) is 36.4 Å². The fourth-order valence-electron chi connectivity index (χ4n) is 3.22. The molecule has 1 amide bonds. The van der Waals surface area contributed by atoms with Gasteiger partial charge in [-0.2, -0.15) is 0 Å². The van der Waals surface area contributed by atoms with E-state index in [9.17, 15) is 9.59 Å². The van der Waals surface area contributed by atoms with Crippen molar-refractivity contribution in [2.75, 3.05) is 25.0 Å². The van der Waals surface area contributed by atoms with Crippen molar-refractivity contribution >= 4 is 17.6 Å². The van der Waals surface area contributed by atoms with Crippen LogP contribution in [-0.2, 0) is 16.1 Å². The molecule has 0 spiro atoms. The molecule has 0 aliphatic heterocycles. The second-order valence-corrected chi connectivity index (χ2v) is 7.70. The van der Waals surface area contributed by atoms with Gasteiger partial charge in [0.1, 0.15) is 6.61 Å². The number of nitrogens with zero attached hydrogens (tertiary/aromatic N) is 1. The first kappa shape index (κ1) is 25.8. The summed E-state index contributed by atoms with van der Waals surface area (Å²) in [5.74, 6) is -0.226. The standard InChI is InChI=1S/C14H22N2O.C14H12O2/c1-5-16(6-2)10-13(17)15-14-11(3)8-7-9-12(14)4;15-14(13-9-5-2-6-10-13)16-11-12-7-3-1-4-8-12/h7-9H,5-6,10H2,1-4H3,(H,15,17);1-10H,11H2. The molecule has 0 bridgehead atoms. The Morgan fingerprint density at radius 3 is 1.88 bits per heavy atom. The first-order chi connectivity index (χ1) is 15.9. The summed E-state index contributed by atoms with van der Waals surface area (Å²) < 4.78 is 5.18. The summed E-state index contributed by atoms with van der Waals surface area (Å²) in [6.45, 7) is 10.7. The van der Waals surface area contributed by atoms with Gasteiger partial charge in [-0.05, 0) is 55.8 Å². The van der Waals surface area contributed by atoms with Gasteiger partial charge in [0.25, 0.3) is 0 Å². The molecule has 0 atom stereocenters. The zero-order chi connectivity index (χ0) is 24.1. The van der Waals surface area contributed by atoms with Gasteiger partial charge in [0.05, 0.1) is 12.1 Å². The maximum atomic E-state index is 11.9. The highest BCUT2D eigenvalue weighted by Gasteiger charge is 2.10. The molecule has 0 heterocycles. The molecule has 0 radical (unpaired) electrons. The molecule has 1 N–H and O–H groups in total. The average Bonchev–Trinajstić information content (AvgIpc) is 2.85. The fraction of sp³-hybridized carbons (Fsp3) is 0.286. The summed E-state index contributed by atoms with van der Waals surface area (Å²) in [6, 6.07) is 24.7. The number of nitrogens with one attached hydrogen (secondary N) is 1. The molecule has 0 aliphatic rings. The van der Waals surface area contributed by atoms with Crippen LogP contribution in [0.4, 0.5) is 5.69 Å². The van der Waals surface area contributed by atoms with Crippen LogP contribution in [0.2, 0.25) is 0 Å². The van der Waals surface area contributed by atoms with E-state index in [2.05, 4.69) is 24.1 Å². The van der Waals surface area contributed by atoms with Crippen molar-refractivity contribution in [3.8, 4) is 0 Å². The van der Waals surface area contributed by atoms with Crippen molar-refractivity contribution in [1.29, 1.82) is 0 Å². The van der Waals surface area contributed by atoms with Gasteiger partial charge in [-0.3, -0.25) is 9.69 Å². The highest BCUT2D eigenvalue weighted by Crippen LogP contribution is 2.19. The van der Waals surface area contributed by atoms with Crippen molar-refractivity contribution in [3.63, 3.8) is 0 Å². The average molecular weight is 447 g/mol. The zero-order valence-electron chi connectivity index (χ0n) is 20.0. The predicted molar refractivity (Wildman–Crippen MR) is 134 cm³/mol. The number of rotatable bonds is 8. The van der Waals surface area contributed by atoms with Gasteiger partial charge in [0.2, 0.25) is 5.91 Å². The molecule has 3 rings (SSSR count). The number of aryl methyl sites for hydroxylation is 2. The Labute approximate surface area is 197 Å². The molecule has 0 saturated carbocycles. The largest absolute Gasteiger partial charge is 0.457 e. The first-order valence-electron chi connectivity index (χ1n) is 11.3. The molecule has 5 heteroatoms. The van der Waals surface area contributed by atoms with E-state index < -0.39 is 0 Å². The minimum Gasteiger partial charge on any atom is -0.457 e. The SMILES string of the molecule is CCN(CC)CC(=O)Nc1c(C)cccc1C.O=C(OCc1ccccc1)c1ccccc1. The Bertz CT molecular complexity index is 980. The molecule has 0 aromatic heterocycles. The lowest BCUT2D eigenvalue weighted by atomic mass is 10.1. The van der Waals surface area contributed by atoms with Crippen LogP contribution in [0.15, 0.2) is 78.9 Å². The van der Waals surface area contributed by atoms with Crippen LogP contribution in [0.3, 0.4) is 0 Å². The summed E-state index contributed by atoms with van der Waals surface area (Å²) in [7, 11) is 0. The Morgan fingerprint density at radius 1 is 0.788 bits per heavy atom. The Morgan fingerprint density at radius 2 is 1.33 bits per heavy atom. The maximum absolute atomic E-state index is 11.9. The van der Waals surface area contributed by atoms with Gasteiger partial charge >= 0.3 is 5.97 Å². The predicted octanol–water partition coefficient (Wildman–Crippen LogP) is 5.63. The lowest BCUT2D eigenvalue weighted by Gasteiger charge is -2.18. The van der Waals surface area contributed by atoms with Gasteiger partial charge in [-0.15, -0.1) is 0 Å². The van der Waals surface area contributed by atoms with E-state index in [0.29, 0.717) is 18.7 Å². The van der Waals surface area contributed by atoms with Crippen molar-refractivity contribution in [2.24, 2.45) is 0 Å². The molecule has 3 aromatic carbocycles. The number of anilines is 1. The molecule has 0 unspecified atom stereocenters. The topological polar surface area (TPSA) is 58.6 Å². The minimum absolute atomic E-state index is 0.0612. The lowest BCUT2D eigenvalue weighted by molar-refractivity contribution is -0.117. The smallest absolute Gasteiger partial charge is 0.338 e. The number of carbonyl (C=O) groups is 2. The number of hydrogen-bond donors (Lipinski definition) is 1. The van der Waals surface area contributed by atoms with Crippen LogP contribution in [0, 0.1) is 13.8 Å². The van der Waals surface area contributed by atoms with E-state index in [-0.39, 0.29) is 11.9 Å². The quantitative estimate of drug-likeness (QED) is 0.456. The number of carbonyl (C=O) groups excluding carboxylic acids is 2. The first-order valence-corrected chi connectivity index (χ1v) is 11.3. The second kappa shape index (κ2) is 13.9. The van der Waals surface area contributed by atoms with Crippen LogP contribution in [0.1, 0.15) is 40.9 Å². The minimum atomic E-state index is -0.288. The molecule has 0 saturated heterocycles. The number of para-hydroxylation sites is 1. The number of ether oxygens (including phenoxy) is 1. The van der Waals surface area contributed by atoms with E-state index in [1.807, 2.05) is 80.6 Å². The molecule has 33 heavy (non-hydrogen) atoms. The summed E-state index contributed by atoms with van der Waals surface area (Å²) in [5, 5.41) is 3.00. The molecule has 3 aromatic rings. The summed E-state index contributed by atoms with van der Waals surface area (Å²) in [5.41, 5.74) is 4.74. The second-order valence-electron chi connectivity index (χ2n) is 7.70. The van der Waals surface area contributed by atoms with Crippen molar-refractivity contribution in [1.82, 2.24) is 4.90 Å². The van der Waals surface area contributed by atoms with Gasteiger partial charge in [-0.1, -0.05) is 80.6 Å². The molecular formula is C28H34N2O3. The highest BCUT2D eigenvalue weighted by molar-refractivity contribution is 5.93. The van der Waals surface area contributed by atoms with Gasteiger partial charge in [0.15, 0.2) is 0 Å². The van der Waals surface area contributed by atoms with Gasteiger partial charge in [-0.25, -0.2) is 4.79 Å². The molecule has 5 nitrogen and oxygen atoms in total. The van der Waals surface area contributed by atoms with Crippen LogP contribution in [0.5, 0.6) is 0 Å². The third-order valence-corrected chi connectivity index (χ3v) is 5.23.